The fourth-order valence-corrected chi connectivity index (χ4v) is 2.65. The van der Waals surface area contributed by atoms with E-state index in [9.17, 15) is 24.3 Å². The molecule has 132 valence electrons. The molecule has 0 saturated carbocycles. The second-order valence-electron chi connectivity index (χ2n) is 5.34. The predicted octanol–water partition coefficient (Wildman–Crippen LogP) is 0.931. The van der Waals surface area contributed by atoms with Crippen molar-refractivity contribution >= 4 is 23.6 Å². The maximum Gasteiger partial charge on any atom is 0.337 e. The van der Waals surface area contributed by atoms with Crippen LogP contribution in [0.2, 0.25) is 0 Å². The van der Waals surface area contributed by atoms with Crippen molar-refractivity contribution < 1.29 is 33.8 Å². The first-order valence-electron chi connectivity index (χ1n) is 7.32. The minimum atomic E-state index is -0.948. The summed E-state index contributed by atoms with van der Waals surface area (Å²) in [5, 5.41) is 10.0. The van der Waals surface area contributed by atoms with Crippen LogP contribution >= 0.6 is 0 Å². The molecule has 1 amide bonds. The van der Waals surface area contributed by atoms with E-state index in [0.29, 0.717) is 5.56 Å². The Labute approximate surface area is 143 Å². The average molecular weight is 347 g/mol. The molecule has 2 rings (SSSR count). The number of aliphatic hydroxyl groups excluding tert-OH is 1. The number of ketones is 1. The molecule has 1 heterocycles. The lowest BCUT2D eigenvalue weighted by Crippen LogP contribution is -2.36. The fraction of sp³-hybridized carbons (Fsp3) is 0.294. The zero-order valence-corrected chi connectivity index (χ0v) is 13.9. The molecule has 25 heavy (non-hydrogen) atoms. The molecule has 1 atom stereocenters. The highest BCUT2D eigenvalue weighted by molar-refractivity contribution is 6.08. The van der Waals surface area contributed by atoms with Gasteiger partial charge in [-0.25, -0.2) is 4.79 Å². The largest absolute Gasteiger partial charge is 0.503 e. The normalized spacial score (nSPS) is 16.8. The third-order valence-electron chi connectivity index (χ3n) is 3.86. The van der Waals surface area contributed by atoms with Crippen LogP contribution in [0, 0.1) is 0 Å². The van der Waals surface area contributed by atoms with E-state index in [-0.39, 0.29) is 11.1 Å². The molecular formula is C17H17NO7. The number of Topliss-reactive ketones (excluding diaryl/α,β-unsaturated/α-hetero) is 1. The fourth-order valence-electron chi connectivity index (χ4n) is 2.65. The monoisotopic (exact) mass is 347 g/mol. The lowest BCUT2D eigenvalue weighted by molar-refractivity contribution is -0.146. The van der Waals surface area contributed by atoms with Gasteiger partial charge >= 0.3 is 11.9 Å². The SMILES string of the molecule is COC(=O)CN1C(=O)C(O)=C(C(C)=O)C1c1ccc(C(=O)OC)cc1. The molecule has 0 spiro atoms. The van der Waals surface area contributed by atoms with Gasteiger partial charge in [-0.3, -0.25) is 14.4 Å². The van der Waals surface area contributed by atoms with E-state index in [2.05, 4.69) is 9.47 Å². The number of carbonyl (C=O) groups is 4. The molecule has 1 aliphatic rings. The number of aliphatic hydroxyl groups is 1. The molecule has 0 aliphatic carbocycles. The van der Waals surface area contributed by atoms with Gasteiger partial charge in [-0.15, -0.1) is 0 Å². The lowest BCUT2D eigenvalue weighted by Gasteiger charge is -2.25. The van der Waals surface area contributed by atoms with Gasteiger partial charge in [0.1, 0.15) is 6.54 Å². The Morgan fingerprint density at radius 3 is 2.20 bits per heavy atom. The first-order chi connectivity index (χ1) is 11.8. The summed E-state index contributed by atoms with van der Waals surface area (Å²) in [5.41, 5.74) is 0.631. The van der Waals surface area contributed by atoms with Crippen LogP contribution < -0.4 is 0 Å². The van der Waals surface area contributed by atoms with Crippen molar-refractivity contribution in [1.82, 2.24) is 4.90 Å². The molecule has 1 unspecified atom stereocenters. The molecule has 1 aliphatic heterocycles. The zero-order valence-electron chi connectivity index (χ0n) is 13.9. The molecule has 1 aromatic rings. The van der Waals surface area contributed by atoms with Gasteiger partial charge in [-0.2, -0.15) is 0 Å². The van der Waals surface area contributed by atoms with Crippen LogP contribution in [0.3, 0.4) is 0 Å². The average Bonchev–Trinajstić information content (AvgIpc) is 2.86. The third kappa shape index (κ3) is 3.37. The molecule has 8 nitrogen and oxygen atoms in total. The molecule has 0 radical (unpaired) electrons. The standard InChI is InChI=1S/C17H17NO7/c1-9(19)13-14(10-4-6-11(7-5-10)17(23)25-3)18(8-12(20)24-2)16(22)15(13)21/h4-7,14,21H,8H2,1-3H3. The van der Waals surface area contributed by atoms with Crippen molar-refractivity contribution in [2.45, 2.75) is 13.0 Å². The lowest BCUT2D eigenvalue weighted by atomic mass is 9.96. The quantitative estimate of drug-likeness (QED) is 0.789. The van der Waals surface area contributed by atoms with Crippen LogP contribution in [0.1, 0.15) is 28.9 Å². The van der Waals surface area contributed by atoms with Crippen LogP contribution in [0.15, 0.2) is 35.6 Å². The third-order valence-corrected chi connectivity index (χ3v) is 3.86. The molecule has 1 N–H and O–H groups in total. The molecule has 0 aromatic heterocycles. The topological polar surface area (TPSA) is 110 Å². The smallest absolute Gasteiger partial charge is 0.337 e. The number of esters is 2. The van der Waals surface area contributed by atoms with E-state index in [0.717, 1.165) is 4.90 Å². The second-order valence-corrected chi connectivity index (χ2v) is 5.34. The molecule has 0 fully saturated rings. The Bertz CT molecular complexity index is 764. The first-order valence-corrected chi connectivity index (χ1v) is 7.32. The highest BCUT2D eigenvalue weighted by Crippen LogP contribution is 2.37. The van der Waals surface area contributed by atoms with Crippen molar-refractivity contribution in [3.8, 4) is 0 Å². The minimum absolute atomic E-state index is 0.111. The van der Waals surface area contributed by atoms with E-state index in [1.54, 1.807) is 0 Å². The summed E-state index contributed by atoms with van der Waals surface area (Å²) in [5.74, 6) is -3.26. The number of rotatable bonds is 5. The van der Waals surface area contributed by atoms with Gasteiger partial charge in [0, 0.05) is 0 Å². The highest BCUT2D eigenvalue weighted by atomic mass is 16.5. The van der Waals surface area contributed by atoms with E-state index < -0.39 is 42.0 Å². The summed E-state index contributed by atoms with van der Waals surface area (Å²) in [6.07, 6.45) is 0. The van der Waals surface area contributed by atoms with Crippen molar-refractivity contribution in [1.29, 1.82) is 0 Å². The van der Waals surface area contributed by atoms with Crippen molar-refractivity contribution in [3.05, 3.63) is 46.7 Å². The number of carbonyl (C=O) groups excluding carboxylic acids is 4. The molecule has 8 heteroatoms. The predicted molar refractivity (Wildman–Crippen MR) is 84.6 cm³/mol. The molecule has 0 bridgehead atoms. The summed E-state index contributed by atoms with van der Waals surface area (Å²) >= 11 is 0. The number of ether oxygens (including phenoxy) is 2. The highest BCUT2D eigenvalue weighted by Gasteiger charge is 2.43. The van der Waals surface area contributed by atoms with Gasteiger partial charge < -0.3 is 19.5 Å². The Hall–Kier alpha value is -3.16. The Morgan fingerprint density at radius 1 is 1.12 bits per heavy atom. The summed E-state index contributed by atoms with van der Waals surface area (Å²) in [4.78, 5) is 48.3. The van der Waals surface area contributed by atoms with Gasteiger partial charge in [0.25, 0.3) is 5.91 Å². The number of benzene rings is 1. The number of hydrogen-bond donors (Lipinski definition) is 1. The van der Waals surface area contributed by atoms with Crippen molar-refractivity contribution in [2.24, 2.45) is 0 Å². The second kappa shape index (κ2) is 7.16. The zero-order chi connectivity index (χ0) is 18.7. The maximum atomic E-state index is 12.3. The van der Waals surface area contributed by atoms with Gasteiger partial charge in [0.2, 0.25) is 0 Å². The molecular weight excluding hydrogens is 330 g/mol. The van der Waals surface area contributed by atoms with E-state index in [4.69, 9.17) is 0 Å². The van der Waals surface area contributed by atoms with Crippen LogP contribution in [0.5, 0.6) is 0 Å². The minimum Gasteiger partial charge on any atom is -0.503 e. The van der Waals surface area contributed by atoms with E-state index >= 15 is 0 Å². The van der Waals surface area contributed by atoms with Gasteiger partial charge in [-0.05, 0) is 24.6 Å². The van der Waals surface area contributed by atoms with E-state index in [1.807, 2.05) is 0 Å². The maximum absolute atomic E-state index is 12.3. The molecule has 0 saturated heterocycles. The summed E-state index contributed by atoms with van der Waals surface area (Å²) < 4.78 is 9.18. The Balaban J connectivity index is 2.47. The van der Waals surface area contributed by atoms with Gasteiger partial charge in [0.15, 0.2) is 11.5 Å². The number of amides is 1. The summed E-state index contributed by atoms with van der Waals surface area (Å²) in [6.45, 7) is 0.788. The number of hydrogen-bond acceptors (Lipinski definition) is 7. The molecule has 1 aromatic carbocycles. The number of nitrogens with zero attached hydrogens (tertiary/aromatic N) is 1. The summed E-state index contributed by atoms with van der Waals surface area (Å²) in [7, 11) is 2.42. The van der Waals surface area contributed by atoms with E-state index in [1.165, 1.54) is 45.4 Å². The van der Waals surface area contributed by atoms with Gasteiger partial charge in [0.05, 0.1) is 31.4 Å². The van der Waals surface area contributed by atoms with Gasteiger partial charge in [-0.1, -0.05) is 12.1 Å². The van der Waals surface area contributed by atoms with Crippen LogP contribution in [-0.2, 0) is 23.9 Å². The van der Waals surface area contributed by atoms with Crippen LogP contribution in [-0.4, -0.2) is 54.4 Å². The Kier molecular flexibility index (Phi) is 5.21. The Morgan fingerprint density at radius 2 is 1.72 bits per heavy atom. The summed E-state index contributed by atoms with van der Waals surface area (Å²) in [6, 6.07) is 5.03. The van der Waals surface area contributed by atoms with Crippen LogP contribution in [0.4, 0.5) is 0 Å². The number of methoxy groups -OCH3 is 2. The first kappa shape index (κ1) is 18.2. The van der Waals surface area contributed by atoms with Crippen molar-refractivity contribution in [2.75, 3.05) is 20.8 Å². The van der Waals surface area contributed by atoms with Crippen molar-refractivity contribution in [3.63, 3.8) is 0 Å². The van der Waals surface area contributed by atoms with Crippen LogP contribution in [0.25, 0.3) is 0 Å².